The van der Waals surface area contributed by atoms with E-state index in [0.717, 1.165) is 67.4 Å². The van der Waals surface area contributed by atoms with E-state index >= 15 is 0 Å². The highest BCUT2D eigenvalue weighted by Gasteiger charge is 2.44. The molecular weight excluding hydrogens is 983 g/mol. The molecule has 0 aromatic heterocycles. The van der Waals surface area contributed by atoms with E-state index in [-0.39, 0.29) is 78.7 Å². The lowest BCUT2D eigenvalue weighted by Gasteiger charge is -2.45. The number of aliphatic hydroxyl groups excluding tert-OH is 3. The Morgan fingerprint density at radius 2 is 0.911 bits per heavy atom. The Labute approximate surface area is 471 Å². The lowest BCUT2D eigenvalue weighted by molar-refractivity contribution is -0.110. The van der Waals surface area contributed by atoms with Crippen LogP contribution < -0.4 is 16.4 Å². The van der Waals surface area contributed by atoms with Crippen LogP contribution in [-0.2, 0) is 30.5 Å². The largest absolute Gasteiger partial charge is 0.496 e. The first-order chi connectivity index (χ1) is 37.8. The van der Waals surface area contributed by atoms with Crippen molar-refractivity contribution in [1.29, 1.82) is 0 Å². The topological polar surface area (TPSA) is 156 Å². The average molecular weight is 1070 g/mol. The molecule has 79 heavy (non-hydrogen) atoms. The van der Waals surface area contributed by atoms with Crippen molar-refractivity contribution < 1.29 is 34.3 Å². The summed E-state index contributed by atoms with van der Waals surface area (Å²) < 4.78 is 17.8. The summed E-state index contributed by atoms with van der Waals surface area (Å²) in [5.41, 5.74) is 19.0. The minimum atomic E-state index is -0.0584. The zero-order valence-corrected chi connectivity index (χ0v) is 48.3. The van der Waals surface area contributed by atoms with Gasteiger partial charge in [0.05, 0.1) is 62.6 Å². The van der Waals surface area contributed by atoms with Gasteiger partial charge in [-0.2, -0.15) is 0 Å². The summed E-state index contributed by atoms with van der Waals surface area (Å²) in [5.74, 6) is 0.755. The first-order valence-corrected chi connectivity index (χ1v) is 28.5. The fourth-order valence-electron chi connectivity index (χ4n) is 10.9. The van der Waals surface area contributed by atoms with Crippen molar-refractivity contribution in [3.05, 3.63) is 209 Å². The Bertz CT molecular complexity index is 2690. The number of anilines is 3. The summed E-state index contributed by atoms with van der Waals surface area (Å²) in [4.78, 5) is 10.0. The van der Waals surface area contributed by atoms with E-state index in [9.17, 15) is 15.0 Å². The highest BCUT2D eigenvalue weighted by molar-refractivity contribution is 5.74. The second-order valence-corrected chi connectivity index (χ2v) is 24.7. The maximum Gasteiger partial charge on any atom is 0.150 e. The van der Waals surface area contributed by atoms with E-state index in [1.165, 1.54) is 38.9 Å². The molecule has 6 aromatic carbocycles. The van der Waals surface area contributed by atoms with Crippen molar-refractivity contribution >= 4 is 23.3 Å². The van der Waals surface area contributed by atoms with Gasteiger partial charge in [-0.3, -0.25) is 4.79 Å². The first kappa shape index (κ1) is 60.4. The highest BCUT2D eigenvalue weighted by atomic mass is 16.5. The smallest absolute Gasteiger partial charge is 0.150 e. The van der Waals surface area contributed by atoms with Crippen LogP contribution in [0.15, 0.2) is 164 Å². The number of carbonyl (C=O) groups is 1. The number of hydrogen-bond acceptors (Lipinski definition) is 10. The first-order valence-electron chi connectivity index (χ1n) is 28.5. The quantitative estimate of drug-likeness (QED) is 0.0701. The summed E-state index contributed by atoms with van der Waals surface area (Å²) >= 11 is 0. The Kier molecular flexibility index (Phi) is 21.2. The minimum Gasteiger partial charge on any atom is -0.496 e. The van der Waals surface area contributed by atoms with Gasteiger partial charge in [-0.05, 0) is 113 Å². The van der Waals surface area contributed by atoms with Gasteiger partial charge in [0.1, 0.15) is 12.4 Å². The van der Waals surface area contributed by atoms with E-state index in [0.29, 0.717) is 11.8 Å². The van der Waals surface area contributed by atoms with Crippen molar-refractivity contribution in [2.24, 2.45) is 11.8 Å². The molecule has 1 unspecified atom stereocenters. The molecule has 0 aliphatic carbocycles. The van der Waals surface area contributed by atoms with E-state index in [1.54, 1.807) is 18.4 Å². The number of benzene rings is 6. The van der Waals surface area contributed by atoms with Crippen LogP contribution in [0.5, 0.6) is 0 Å². The molecule has 10 nitrogen and oxygen atoms in total. The van der Waals surface area contributed by atoms with Gasteiger partial charge in [-0.25, -0.2) is 0 Å². The van der Waals surface area contributed by atoms with Crippen molar-refractivity contribution in [3.8, 4) is 0 Å². The maximum absolute atomic E-state index is 10.0. The van der Waals surface area contributed by atoms with E-state index in [2.05, 4.69) is 182 Å². The maximum atomic E-state index is 10.0. The van der Waals surface area contributed by atoms with Gasteiger partial charge < -0.3 is 45.9 Å². The molecule has 0 amide bonds. The Hall–Kier alpha value is -6.27. The third-order valence-corrected chi connectivity index (χ3v) is 15.7. The third kappa shape index (κ3) is 16.4. The van der Waals surface area contributed by atoms with Crippen molar-refractivity contribution in [2.75, 3.05) is 36.2 Å². The molecule has 7 N–H and O–H groups in total. The molecule has 0 radical (unpaired) electrons. The third-order valence-electron chi connectivity index (χ3n) is 15.7. The summed E-state index contributed by atoms with van der Waals surface area (Å²) in [5, 5.41) is 35.4. The van der Waals surface area contributed by atoms with Gasteiger partial charge in [0.2, 0.25) is 0 Å². The SMILES string of the molecule is CC(C)(C)c1ccc(N)cc1.CC(C)(C)c1ccc2c(c1)[C@H]1O[C@@H](CO)CC[C@H]1[C@@H](c1ccccc1)N2.CC(C)(C)c1ccc2c(c1)[C@H]1O[C@@H](CO)CC[C@H]1[C@H](c1ccccc1)N2.O=Cc1ccccc1.OCC1CCC=CO1. The monoisotopic (exact) mass is 1070 g/mol. The van der Waals surface area contributed by atoms with E-state index in [1.807, 2.05) is 36.4 Å². The minimum absolute atomic E-state index is 0.0321. The van der Waals surface area contributed by atoms with Gasteiger partial charge in [0, 0.05) is 45.6 Å². The lowest BCUT2D eigenvalue weighted by atomic mass is 9.75. The zero-order chi connectivity index (χ0) is 56.7. The number of nitrogen functional groups attached to an aromatic ring is 1. The normalized spacial score (nSPS) is 23.7. The van der Waals surface area contributed by atoms with Crippen LogP contribution >= 0.6 is 0 Å². The second-order valence-electron chi connectivity index (χ2n) is 24.7. The van der Waals surface area contributed by atoms with Crippen LogP contribution in [0.3, 0.4) is 0 Å². The van der Waals surface area contributed by atoms with E-state index < -0.39 is 0 Å². The number of ether oxygens (including phenoxy) is 3. The predicted octanol–water partition coefficient (Wildman–Crippen LogP) is 14.7. The summed E-state index contributed by atoms with van der Waals surface area (Å²) in [6.07, 6.45) is 10.4. The number of aldehydes is 1. The van der Waals surface area contributed by atoms with Crippen molar-refractivity contribution in [3.63, 3.8) is 0 Å². The fraction of sp³-hybridized carbons (Fsp3) is 0.435. The molecule has 5 heterocycles. The van der Waals surface area contributed by atoms with Crippen molar-refractivity contribution in [2.45, 2.75) is 160 Å². The van der Waals surface area contributed by atoms with E-state index in [4.69, 9.17) is 25.1 Å². The average Bonchev–Trinajstić information content (AvgIpc) is 3.57. The van der Waals surface area contributed by atoms with Crippen LogP contribution in [0.1, 0.15) is 174 Å². The highest BCUT2D eigenvalue weighted by Crippen LogP contribution is 2.52. The number of rotatable bonds is 6. The molecule has 6 aromatic rings. The number of allylic oxidation sites excluding steroid dienone is 1. The molecule has 11 rings (SSSR count). The second kappa shape index (κ2) is 27.7. The molecule has 10 heteroatoms. The summed E-state index contributed by atoms with van der Waals surface area (Å²) in [6, 6.07) is 52.4. The predicted molar refractivity (Wildman–Crippen MR) is 322 cm³/mol. The Balaban J connectivity index is 0.000000157. The van der Waals surface area contributed by atoms with Crippen LogP contribution in [-0.4, -0.2) is 59.7 Å². The fourth-order valence-corrected chi connectivity index (χ4v) is 10.9. The standard InChI is InChI=1S/2C23H29NO2.C10H15N.C7H6O.C6H10O2/c2*1-23(2,3)16-9-12-20-19(13-16)22-18(11-10-17(14-25)26-22)21(24-20)15-7-5-4-6-8-15;1-10(2,3)8-4-6-9(11)7-5-8;8-6-7-4-2-1-3-5-7;7-5-6-3-1-2-4-8-6/h2*4-9,12-13,17-18,21-22,24-25H,10-11,14H2,1-3H3;4-7H,11H2,1-3H3;1-6H;2,4,6-7H,1,3,5H2/t17-,18+,21+,22+;17-,18+,21-,22+;;;/m11.../s1. The number of hydrogen-bond donors (Lipinski definition) is 6. The molecular formula is C69H89N3O7. The lowest BCUT2D eigenvalue weighted by Crippen LogP contribution is -2.40. The van der Waals surface area contributed by atoms with Crippen LogP contribution in [0.2, 0.25) is 0 Å². The number of nitrogens with two attached hydrogens (primary N) is 1. The van der Waals surface area contributed by atoms with Gasteiger partial charge >= 0.3 is 0 Å². The molecule has 5 aliphatic rings. The van der Waals surface area contributed by atoms with Crippen LogP contribution in [0.4, 0.5) is 17.1 Å². The number of carbonyl (C=O) groups excluding carboxylic acids is 1. The van der Waals surface area contributed by atoms with Gasteiger partial charge in [0.25, 0.3) is 0 Å². The molecule has 0 bridgehead atoms. The molecule has 422 valence electrons. The Morgan fingerprint density at radius 3 is 1.25 bits per heavy atom. The molecule has 2 fully saturated rings. The summed E-state index contributed by atoms with van der Waals surface area (Å²) in [7, 11) is 0. The van der Waals surface area contributed by atoms with Gasteiger partial charge in [0.15, 0.2) is 0 Å². The molecule has 9 atom stereocenters. The van der Waals surface area contributed by atoms with Crippen LogP contribution in [0.25, 0.3) is 0 Å². The molecule has 0 spiro atoms. The van der Waals surface area contributed by atoms with Crippen molar-refractivity contribution in [1.82, 2.24) is 0 Å². The number of nitrogens with one attached hydrogen (secondary N) is 2. The number of aliphatic hydroxyl groups is 3. The zero-order valence-electron chi connectivity index (χ0n) is 48.3. The molecule has 0 saturated carbocycles. The molecule has 5 aliphatic heterocycles. The Morgan fingerprint density at radius 1 is 0.506 bits per heavy atom. The number of fused-ring (bicyclic) bond motifs is 6. The van der Waals surface area contributed by atoms with Gasteiger partial charge in [-0.1, -0.05) is 190 Å². The van der Waals surface area contributed by atoms with Crippen LogP contribution in [0, 0.1) is 11.8 Å². The molecule has 2 saturated heterocycles. The summed E-state index contributed by atoms with van der Waals surface area (Å²) in [6.45, 7) is 20.4. The van der Waals surface area contributed by atoms with Gasteiger partial charge in [-0.15, -0.1) is 0 Å².